The summed E-state index contributed by atoms with van der Waals surface area (Å²) in [6, 6.07) is -1.90. The molecular weight excluding hydrogens is 732 g/mol. The Hall–Kier alpha value is -3.93. The molecule has 308 valence electrons. The molecule has 0 radical (unpaired) electrons. The second-order valence-corrected chi connectivity index (χ2v) is 15.4. The van der Waals surface area contributed by atoms with Crippen LogP contribution in [0.5, 0.6) is 0 Å². The number of rotatable bonds is 9. The minimum absolute atomic E-state index is 0. The number of ether oxygens (including phenoxy) is 4. The van der Waals surface area contributed by atoms with Crippen molar-refractivity contribution in [1.29, 1.82) is 0 Å². The Morgan fingerprint density at radius 3 is 1.57 bits per heavy atom. The fraction of sp³-hybridized carbons (Fsp3) is 0.722. The third-order valence-corrected chi connectivity index (χ3v) is 8.69. The van der Waals surface area contributed by atoms with Gasteiger partial charge in [-0.15, -0.1) is 25.6 Å². The van der Waals surface area contributed by atoms with E-state index in [1.807, 2.05) is 0 Å². The van der Waals surface area contributed by atoms with Gasteiger partial charge in [-0.3, -0.25) is 19.4 Å². The molecule has 4 fully saturated rings. The number of nitrogens with one attached hydrogen (secondary N) is 1. The first kappa shape index (κ1) is 48.1. The molecule has 0 aromatic rings. The van der Waals surface area contributed by atoms with Crippen molar-refractivity contribution in [3.8, 4) is 0 Å². The zero-order valence-corrected chi connectivity index (χ0v) is 33.3. The van der Waals surface area contributed by atoms with Crippen LogP contribution < -0.4 is 11.1 Å². The second-order valence-electron chi connectivity index (χ2n) is 15.4. The number of hydrogen-bond acceptors (Lipinski definition) is 13. The van der Waals surface area contributed by atoms with Crippen LogP contribution in [-0.4, -0.2) is 134 Å². The molecule has 2 aliphatic heterocycles. The Bertz CT molecular complexity index is 1400. The average molecular weight is 791 g/mol. The first-order valence-corrected chi connectivity index (χ1v) is 17.7. The maximum absolute atomic E-state index is 12.8. The van der Waals surface area contributed by atoms with Gasteiger partial charge in [-0.05, 0) is 68.2 Å². The van der Waals surface area contributed by atoms with E-state index in [2.05, 4.69) is 18.5 Å². The van der Waals surface area contributed by atoms with Gasteiger partial charge in [0.15, 0.2) is 0 Å². The number of nitrogens with two attached hydrogens (primary N) is 1. The van der Waals surface area contributed by atoms with Crippen molar-refractivity contribution in [2.24, 2.45) is 17.6 Å². The molecule has 3 amide bonds. The lowest BCUT2D eigenvalue weighted by Gasteiger charge is -2.29. The third-order valence-electron chi connectivity index (χ3n) is 8.69. The Balaban J connectivity index is 0.000000443. The van der Waals surface area contributed by atoms with E-state index < -0.39 is 76.6 Å². The zero-order chi connectivity index (χ0) is 40.7. The number of halogens is 1. The SMILES string of the molecule is C=CC1C[C@]1(N)C(=O)OCC.C=C[C@@H]1C[C@]1(NC(=O)[C@@H]1C[C@@H](O)CN1C(=O)OC(C)(C)C)C(=O)OCC.CC(C)(C)OC(=O)N1C[C@H](O)C[C@H]1C(=O)O.Cl. The maximum Gasteiger partial charge on any atom is 0.411 e. The second kappa shape index (κ2) is 19.1. The summed E-state index contributed by atoms with van der Waals surface area (Å²) in [4.78, 5) is 73.3. The van der Waals surface area contributed by atoms with E-state index >= 15 is 0 Å². The molecule has 0 aromatic heterocycles. The molecular formula is C36H59ClN4O13. The normalized spacial score (nSPS) is 29.3. The number of esters is 2. The molecule has 2 saturated carbocycles. The van der Waals surface area contributed by atoms with Gasteiger partial charge in [0.2, 0.25) is 5.91 Å². The van der Waals surface area contributed by atoms with Crippen LogP contribution in [0.25, 0.3) is 0 Å². The highest BCUT2D eigenvalue weighted by molar-refractivity contribution is 5.95. The Morgan fingerprint density at radius 2 is 1.20 bits per heavy atom. The Kier molecular flexibility index (Phi) is 17.0. The summed E-state index contributed by atoms with van der Waals surface area (Å²) in [6.07, 6.45) is 1.53. The van der Waals surface area contributed by atoms with Gasteiger partial charge in [0.1, 0.15) is 34.4 Å². The molecule has 2 heterocycles. The predicted octanol–water partition coefficient (Wildman–Crippen LogP) is 2.30. The molecule has 6 N–H and O–H groups in total. The third kappa shape index (κ3) is 12.8. The van der Waals surface area contributed by atoms with E-state index in [0.29, 0.717) is 19.4 Å². The van der Waals surface area contributed by atoms with E-state index in [1.165, 1.54) is 4.90 Å². The molecule has 17 nitrogen and oxygen atoms in total. The largest absolute Gasteiger partial charge is 0.480 e. The van der Waals surface area contributed by atoms with Gasteiger partial charge < -0.3 is 45.3 Å². The van der Waals surface area contributed by atoms with Crippen molar-refractivity contribution in [3.05, 3.63) is 25.3 Å². The Morgan fingerprint density at radius 1 is 0.778 bits per heavy atom. The van der Waals surface area contributed by atoms with E-state index in [-0.39, 0.29) is 62.8 Å². The fourth-order valence-electron chi connectivity index (χ4n) is 5.82. The topological polar surface area (TPSA) is 245 Å². The quantitative estimate of drug-likeness (QED) is 0.128. The van der Waals surface area contributed by atoms with Crippen molar-refractivity contribution >= 4 is 48.4 Å². The van der Waals surface area contributed by atoms with Gasteiger partial charge >= 0.3 is 30.1 Å². The number of amides is 3. The number of carboxylic acid groups (broad SMARTS) is 1. The summed E-state index contributed by atoms with van der Waals surface area (Å²) in [5, 5.41) is 30.9. The van der Waals surface area contributed by atoms with E-state index in [4.69, 9.17) is 29.8 Å². The molecule has 0 bridgehead atoms. The van der Waals surface area contributed by atoms with Crippen molar-refractivity contribution in [1.82, 2.24) is 15.1 Å². The summed E-state index contributed by atoms with van der Waals surface area (Å²) in [5.41, 5.74) is 2.40. The number of hydrogen-bond donors (Lipinski definition) is 5. The number of carbonyl (C=O) groups excluding carboxylic acids is 5. The minimum atomic E-state index is -1.14. The fourth-order valence-corrected chi connectivity index (χ4v) is 5.82. The van der Waals surface area contributed by atoms with Crippen molar-refractivity contribution in [2.75, 3.05) is 26.3 Å². The molecule has 2 saturated heterocycles. The van der Waals surface area contributed by atoms with Crippen LogP contribution in [0.4, 0.5) is 9.59 Å². The number of carbonyl (C=O) groups is 6. The molecule has 54 heavy (non-hydrogen) atoms. The Labute approximate surface area is 322 Å². The molecule has 0 spiro atoms. The van der Waals surface area contributed by atoms with Gasteiger partial charge in [-0.2, -0.15) is 0 Å². The summed E-state index contributed by atoms with van der Waals surface area (Å²) >= 11 is 0. The number of aliphatic carboxylic acids is 1. The highest BCUT2D eigenvalue weighted by Gasteiger charge is 2.62. The molecule has 1 unspecified atom stereocenters. The lowest BCUT2D eigenvalue weighted by molar-refractivity contribution is -0.149. The average Bonchev–Trinajstić information content (AvgIpc) is 3.80. The van der Waals surface area contributed by atoms with Crippen LogP contribution in [0.1, 0.15) is 81.1 Å². The first-order valence-electron chi connectivity index (χ1n) is 17.7. The van der Waals surface area contributed by atoms with Gasteiger partial charge in [0, 0.05) is 24.7 Å². The first-order chi connectivity index (χ1) is 24.4. The smallest absolute Gasteiger partial charge is 0.411 e. The van der Waals surface area contributed by atoms with Crippen LogP contribution >= 0.6 is 12.4 Å². The van der Waals surface area contributed by atoms with Crippen LogP contribution in [0, 0.1) is 11.8 Å². The highest BCUT2D eigenvalue weighted by Crippen LogP contribution is 2.46. The summed E-state index contributed by atoms with van der Waals surface area (Å²) < 4.78 is 20.2. The monoisotopic (exact) mass is 790 g/mol. The van der Waals surface area contributed by atoms with Gasteiger partial charge in [0.25, 0.3) is 0 Å². The van der Waals surface area contributed by atoms with Crippen LogP contribution in [-0.2, 0) is 38.1 Å². The van der Waals surface area contributed by atoms with Gasteiger partial charge in [0.05, 0.1) is 38.5 Å². The number of aliphatic hydroxyl groups excluding tert-OH is 2. The lowest BCUT2D eigenvalue weighted by Crippen LogP contribution is -2.53. The van der Waals surface area contributed by atoms with E-state index in [9.17, 15) is 39.0 Å². The predicted molar refractivity (Wildman–Crippen MR) is 197 cm³/mol. The molecule has 0 aromatic carbocycles. The lowest BCUT2D eigenvalue weighted by atomic mass is 10.1. The van der Waals surface area contributed by atoms with Crippen LogP contribution in [0.15, 0.2) is 25.3 Å². The molecule has 18 heteroatoms. The summed E-state index contributed by atoms with van der Waals surface area (Å²) in [7, 11) is 0. The molecule has 8 atom stereocenters. The van der Waals surface area contributed by atoms with Crippen LogP contribution in [0.2, 0.25) is 0 Å². The maximum atomic E-state index is 12.8. The zero-order valence-electron chi connectivity index (χ0n) is 32.5. The van der Waals surface area contributed by atoms with Crippen molar-refractivity contribution < 1.29 is 63.0 Å². The van der Waals surface area contributed by atoms with Crippen LogP contribution in [0.3, 0.4) is 0 Å². The molecule has 4 aliphatic rings. The summed E-state index contributed by atoms with van der Waals surface area (Å²) in [5.74, 6) is -2.55. The molecule has 2 aliphatic carbocycles. The van der Waals surface area contributed by atoms with Crippen molar-refractivity contribution in [2.45, 2.75) is 128 Å². The summed E-state index contributed by atoms with van der Waals surface area (Å²) in [6.45, 7) is 21.6. The number of carboxylic acids is 1. The van der Waals surface area contributed by atoms with Gasteiger partial charge in [-0.25, -0.2) is 19.2 Å². The molecule has 4 rings (SSSR count). The number of likely N-dealkylation sites (tertiary alicyclic amines) is 2. The number of β-amino-alcohol motifs (C(OH)–C–C–N with tert-alkyl or cyclic N) is 2. The van der Waals surface area contributed by atoms with Crippen molar-refractivity contribution in [3.63, 3.8) is 0 Å². The number of nitrogens with zero attached hydrogens (tertiary/aromatic N) is 2. The van der Waals surface area contributed by atoms with Gasteiger partial charge in [-0.1, -0.05) is 12.2 Å². The van der Waals surface area contributed by atoms with E-state index in [1.54, 1.807) is 67.5 Å². The van der Waals surface area contributed by atoms with E-state index in [0.717, 1.165) is 4.90 Å². The number of aliphatic hydroxyl groups is 2. The minimum Gasteiger partial charge on any atom is -0.480 e. The standard InChI is InChI=1S/C18H28N2O6.C10H17NO5.C8H13NO2.ClH/c1-6-11-9-18(11,15(23)25-7-2)19-14(22)13-8-12(21)10-20(13)16(24)26-17(3,4)5;1-10(2,3)16-9(15)11-5-6(12)4-7(11)8(13)14;1-3-6-5-8(6,9)7(10)11-4-2;/h6,11-13,21H,1,7-10H2,2-5H3,(H,19,22);6-7,12H,4-5H2,1-3H3,(H,13,14);3,6H,1,4-5,9H2,2H3;1H/t11-,12-,13+,18-;6-,7+;6?,8-;/m111./s1. The highest BCUT2D eigenvalue weighted by atomic mass is 35.5.